The molecule has 0 spiro atoms. The second kappa shape index (κ2) is 5.69. The molecule has 1 fully saturated rings. The third kappa shape index (κ3) is 3.69. The Morgan fingerprint density at radius 3 is 2.45 bits per heavy atom. The van der Waals surface area contributed by atoms with Gasteiger partial charge in [-0.25, -0.2) is 13.6 Å². The van der Waals surface area contributed by atoms with Gasteiger partial charge in [0.1, 0.15) is 12.4 Å². The Balaban J connectivity index is 1.76. The van der Waals surface area contributed by atoms with E-state index in [1.807, 2.05) is 6.92 Å². The summed E-state index contributed by atoms with van der Waals surface area (Å²) >= 11 is 0. The number of nitrogens with zero attached hydrogens (tertiary/aromatic N) is 1. The van der Waals surface area contributed by atoms with E-state index in [-0.39, 0.29) is 4.90 Å². The van der Waals surface area contributed by atoms with Gasteiger partial charge in [0.15, 0.2) is 0 Å². The first-order chi connectivity index (χ1) is 9.32. The summed E-state index contributed by atoms with van der Waals surface area (Å²) in [5, 5.41) is 14.9. The van der Waals surface area contributed by atoms with Gasteiger partial charge >= 0.3 is 0 Å². The third-order valence-corrected chi connectivity index (χ3v) is 4.45. The topological polar surface area (TPSA) is 92.9 Å². The highest BCUT2D eigenvalue weighted by Gasteiger charge is 2.38. The van der Waals surface area contributed by atoms with Crippen molar-refractivity contribution in [2.24, 2.45) is 5.14 Å². The molecule has 7 heteroatoms. The van der Waals surface area contributed by atoms with Crippen LogP contribution in [0, 0.1) is 0 Å². The van der Waals surface area contributed by atoms with Gasteiger partial charge in [-0.2, -0.15) is 0 Å². The van der Waals surface area contributed by atoms with E-state index in [1.165, 1.54) is 12.1 Å². The fraction of sp³-hybridized carbons (Fsp3) is 0.538. The molecule has 1 heterocycles. The first-order valence-corrected chi connectivity index (χ1v) is 8.07. The number of hydrogen-bond acceptors (Lipinski definition) is 5. The zero-order valence-electron chi connectivity index (χ0n) is 11.4. The first kappa shape index (κ1) is 15.2. The Hall–Kier alpha value is -1.15. The Bertz CT molecular complexity index is 550. The van der Waals surface area contributed by atoms with Crippen molar-refractivity contribution in [1.82, 2.24) is 4.90 Å². The molecule has 1 aromatic rings. The summed E-state index contributed by atoms with van der Waals surface area (Å²) in [5.74, 6) is 0.601. The molecule has 0 radical (unpaired) electrons. The van der Waals surface area contributed by atoms with Gasteiger partial charge in [0.25, 0.3) is 0 Å². The normalized spacial score (nSPS) is 18.6. The minimum Gasteiger partial charge on any atom is -0.492 e. The molecule has 6 nitrogen and oxygen atoms in total. The fourth-order valence-corrected chi connectivity index (χ4v) is 2.70. The smallest absolute Gasteiger partial charge is 0.238 e. The Morgan fingerprint density at radius 1 is 1.35 bits per heavy atom. The number of likely N-dealkylation sites (tertiary alicyclic amines) is 1. The van der Waals surface area contributed by atoms with Crippen LogP contribution in [0.5, 0.6) is 5.75 Å². The number of ether oxygens (including phenoxy) is 1. The largest absolute Gasteiger partial charge is 0.492 e. The van der Waals surface area contributed by atoms with Gasteiger partial charge in [-0.15, -0.1) is 0 Å². The van der Waals surface area contributed by atoms with Crippen LogP contribution in [0.25, 0.3) is 0 Å². The van der Waals surface area contributed by atoms with Crippen molar-refractivity contribution in [3.63, 3.8) is 0 Å². The van der Waals surface area contributed by atoms with E-state index in [9.17, 15) is 13.5 Å². The fourth-order valence-electron chi connectivity index (χ4n) is 2.19. The molecular weight excluding hydrogens is 280 g/mol. The van der Waals surface area contributed by atoms with Crippen LogP contribution in [0.1, 0.15) is 13.3 Å². The number of aliphatic hydroxyl groups is 1. The summed E-state index contributed by atoms with van der Waals surface area (Å²) in [6, 6.07) is 6.00. The molecule has 0 bridgehead atoms. The summed E-state index contributed by atoms with van der Waals surface area (Å²) < 4.78 is 27.7. The van der Waals surface area contributed by atoms with E-state index in [4.69, 9.17) is 9.88 Å². The van der Waals surface area contributed by atoms with E-state index >= 15 is 0 Å². The molecule has 1 aliphatic rings. The lowest BCUT2D eigenvalue weighted by Gasteiger charge is -2.46. The van der Waals surface area contributed by atoms with E-state index in [2.05, 4.69) is 4.90 Å². The summed E-state index contributed by atoms with van der Waals surface area (Å²) in [6.07, 6.45) is 0.763. The maximum absolute atomic E-state index is 11.1. The van der Waals surface area contributed by atoms with Crippen molar-refractivity contribution in [1.29, 1.82) is 0 Å². The van der Waals surface area contributed by atoms with Crippen LogP contribution >= 0.6 is 0 Å². The lowest BCUT2D eigenvalue weighted by atomic mass is 9.91. The van der Waals surface area contributed by atoms with Crippen LogP contribution < -0.4 is 9.88 Å². The third-order valence-electron chi connectivity index (χ3n) is 3.52. The van der Waals surface area contributed by atoms with Crippen molar-refractivity contribution in [3.8, 4) is 5.75 Å². The van der Waals surface area contributed by atoms with Gasteiger partial charge in [0.05, 0.1) is 10.5 Å². The van der Waals surface area contributed by atoms with Crippen LogP contribution in [0.2, 0.25) is 0 Å². The molecule has 1 aliphatic heterocycles. The van der Waals surface area contributed by atoms with E-state index in [1.54, 1.807) is 12.1 Å². The summed E-state index contributed by atoms with van der Waals surface area (Å²) in [4.78, 5) is 2.18. The van der Waals surface area contributed by atoms with Crippen LogP contribution in [0.15, 0.2) is 29.2 Å². The SMILES string of the molecule is CCC1(O)CN(CCOc2ccc(S(N)(=O)=O)cc2)C1. The van der Waals surface area contributed by atoms with Gasteiger partial charge in [0.2, 0.25) is 10.0 Å². The molecule has 2 rings (SSSR count). The monoisotopic (exact) mass is 300 g/mol. The molecule has 0 aliphatic carbocycles. The minimum atomic E-state index is -3.66. The van der Waals surface area contributed by atoms with Crippen molar-refractivity contribution >= 4 is 10.0 Å². The predicted molar refractivity (Wildman–Crippen MR) is 75.0 cm³/mol. The number of nitrogens with two attached hydrogens (primary N) is 1. The Labute approximate surface area is 119 Å². The van der Waals surface area contributed by atoms with Crippen molar-refractivity contribution in [2.45, 2.75) is 23.8 Å². The molecule has 112 valence electrons. The van der Waals surface area contributed by atoms with Crippen LogP contribution in [0.3, 0.4) is 0 Å². The second-order valence-electron chi connectivity index (χ2n) is 5.15. The van der Waals surface area contributed by atoms with Crippen LogP contribution in [0.4, 0.5) is 0 Å². The maximum atomic E-state index is 11.1. The minimum absolute atomic E-state index is 0.0700. The summed E-state index contributed by atoms with van der Waals surface area (Å²) in [5.41, 5.74) is -0.531. The number of benzene rings is 1. The number of primary sulfonamides is 1. The summed E-state index contributed by atoms with van der Waals surface area (Å²) in [7, 11) is -3.66. The molecule has 0 atom stereocenters. The van der Waals surface area contributed by atoms with Gasteiger partial charge in [-0.1, -0.05) is 6.92 Å². The molecule has 0 amide bonds. The average Bonchev–Trinajstić information content (AvgIpc) is 2.36. The first-order valence-electron chi connectivity index (χ1n) is 6.53. The maximum Gasteiger partial charge on any atom is 0.238 e. The van der Waals surface area contributed by atoms with E-state index in [0.29, 0.717) is 25.4 Å². The standard InChI is InChI=1S/C13H20N2O4S/c1-2-13(16)9-15(10-13)7-8-19-11-3-5-12(6-4-11)20(14,17)18/h3-6,16H,2,7-10H2,1H3,(H2,14,17,18). The molecular formula is C13H20N2O4S. The molecule has 0 aromatic heterocycles. The van der Waals surface area contributed by atoms with Gasteiger partial charge in [-0.3, -0.25) is 4.90 Å². The predicted octanol–water partition coefficient (Wildman–Crippen LogP) is 0.170. The van der Waals surface area contributed by atoms with Crippen LogP contribution in [-0.2, 0) is 10.0 Å². The highest BCUT2D eigenvalue weighted by Crippen LogP contribution is 2.23. The van der Waals surface area contributed by atoms with Gasteiger partial charge in [0, 0.05) is 19.6 Å². The number of hydrogen-bond donors (Lipinski definition) is 2. The molecule has 1 saturated heterocycles. The van der Waals surface area contributed by atoms with E-state index in [0.717, 1.165) is 13.0 Å². The highest BCUT2D eigenvalue weighted by atomic mass is 32.2. The zero-order valence-corrected chi connectivity index (χ0v) is 12.3. The molecule has 0 unspecified atom stereocenters. The summed E-state index contributed by atoms with van der Waals surface area (Å²) in [6.45, 7) is 4.56. The quantitative estimate of drug-likeness (QED) is 0.781. The van der Waals surface area contributed by atoms with Gasteiger partial charge in [-0.05, 0) is 30.7 Å². The van der Waals surface area contributed by atoms with Crippen LogP contribution in [-0.4, -0.2) is 50.3 Å². The number of sulfonamides is 1. The molecule has 20 heavy (non-hydrogen) atoms. The van der Waals surface area contributed by atoms with E-state index < -0.39 is 15.6 Å². The average molecular weight is 300 g/mol. The molecule has 3 N–H and O–H groups in total. The zero-order chi connectivity index (χ0) is 14.8. The Kier molecular flexibility index (Phi) is 4.33. The van der Waals surface area contributed by atoms with Crippen molar-refractivity contribution < 1.29 is 18.3 Å². The van der Waals surface area contributed by atoms with Crippen molar-refractivity contribution in [3.05, 3.63) is 24.3 Å². The lowest BCUT2D eigenvalue weighted by Crippen LogP contribution is -2.61. The number of rotatable bonds is 6. The number of β-amino-alcohol motifs (C(OH)–C–C–N with tert-alkyl or cyclic N) is 1. The molecule has 1 aromatic carbocycles. The highest BCUT2D eigenvalue weighted by molar-refractivity contribution is 7.89. The second-order valence-corrected chi connectivity index (χ2v) is 6.71. The molecule has 0 saturated carbocycles. The Morgan fingerprint density at radius 2 is 1.95 bits per heavy atom. The lowest BCUT2D eigenvalue weighted by molar-refractivity contribution is -0.102. The van der Waals surface area contributed by atoms with Gasteiger partial charge < -0.3 is 9.84 Å². The van der Waals surface area contributed by atoms with Crippen molar-refractivity contribution in [2.75, 3.05) is 26.2 Å².